The van der Waals surface area contributed by atoms with Crippen LogP contribution in [0, 0.1) is 11.3 Å². The number of nitrogens with zero attached hydrogens (tertiary/aromatic N) is 3. The van der Waals surface area contributed by atoms with Gasteiger partial charge < -0.3 is 25.8 Å². The van der Waals surface area contributed by atoms with Crippen molar-refractivity contribution in [1.82, 2.24) is 20.4 Å². The quantitative estimate of drug-likeness (QED) is 0.327. The van der Waals surface area contributed by atoms with Crippen LogP contribution in [0.15, 0.2) is 48.5 Å². The first-order chi connectivity index (χ1) is 16.5. The Labute approximate surface area is 197 Å². The first-order valence-corrected chi connectivity index (χ1v) is 10.6. The summed E-state index contributed by atoms with van der Waals surface area (Å²) in [7, 11) is 2.76. The lowest BCUT2D eigenvalue weighted by molar-refractivity contribution is 0.0597. The van der Waals surface area contributed by atoms with Crippen LogP contribution >= 0.6 is 0 Å². The number of anilines is 1. The van der Waals surface area contributed by atoms with Crippen molar-refractivity contribution in [2.75, 3.05) is 26.5 Å². The molecule has 0 aliphatic carbocycles. The van der Waals surface area contributed by atoms with E-state index in [1.54, 1.807) is 22.9 Å². The number of nitrogens with two attached hydrogens (primary N) is 1. The van der Waals surface area contributed by atoms with Crippen molar-refractivity contribution in [2.45, 2.75) is 19.4 Å². The summed E-state index contributed by atoms with van der Waals surface area (Å²) < 4.78 is 11.5. The number of para-hydroxylation sites is 1. The number of esters is 1. The summed E-state index contributed by atoms with van der Waals surface area (Å²) in [6.45, 7) is 0.598. The molecule has 4 N–H and O–H groups in total. The molecule has 34 heavy (non-hydrogen) atoms. The zero-order valence-corrected chi connectivity index (χ0v) is 19.0. The summed E-state index contributed by atoms with van der Waals surface area (Å²) in [5, 5.41) is 19.5. The van der Waals surface area contributed by atoms with Crippen LogP contribution in [0.2, 0.25) is 0 Å². The molecule has 0 saturated carbocycles. The summed E-state index contributed by atoms with van der Waals surface area (Å²) >= 11 is 0. The standard InChI is InChI=1S/C24H26N6O4/c1-33-21-11-10-16(13-18(21)23(31)34-2)15-28-24(32)27-12-6-9-20-19(14-25)22(26)30(29-20)17-7-4-3-5-8-17/h3-5,7-8,10-11,13H,6,9,12,15,26H2,1-2H3,(H2,27,28,32). The van der Waals surface area contributed by atoms with Gasteiger partial charge in [0.05, 0.1) is 25.6 Å². The smallest absolute Gasteiger partial charge is 0.341 e. The highest BCUT2D eigenvalue weighted by Gasteiger charge is 2.16. The number of methoxy groups -OCH3 is 2. The molecule has 0 spiro atoms. The highest BCUT2D eigenvalue weighted by atomic mass is 16.5. The molecule has 0 radical (unpaired) electrons. The molecule has 1 heterocycles. The number of carbonyl (C=O) groups excluding carboxylic acids is 2. The van der Waals surface area contributed by atoms with Crippen molar-refractivity contribution in [1.29, 1.82) is 5.26 Å². The first kappa shape index (κ1) is 24.1. The minimum Gasteiger partial charge on any atom is -0.496 e. The van der Waals surface area contributed by atoms with E-state index in [0.717, 1.165) is 11.3 Å². The normalized spacial score (nSPS) is 10.3. The fourth-order valence-electron chi connectivity index (χ4n) is 3.38. The van der Waals surface area contributed by atoms with Gasteiger partial charge in [0.15, 0.2) is 0 Å². The molecule has 3 aromatic rings. The number of nitrogens with one attached hydrogen (secondary N) is 2. The molecule has 2 amide bonds. The minimum atomic E-state index is -0.518. The third-order valence-electron chi connectivity index (χ3n) is 5.10. The topological polar surface area (TPSA) is 144 Å². The lowest BCUT2D eigenvalue weighted by Crippen LogP contribution is -2.35. The van der Waals surface area contributed by atoms with Crippen LogP contribution < -0.4 is 21.1 Å². The van der Waals surface area contributed by atoms with Crippen LogP contribution in [-0.4, -0.2) is 42.5 Å². The Morgan fingerprint density at radius 1 is 1.15 bits per heavy atom. The van der Waals surface area contributed by atoms with Crippen molar-refractivity contribution < 1.29 is 19.1 Å². The largest absolute Gasteiger partial charge is 0.496 e. The van der Waals surface area contributed by atoms with E-state index in [4.69, 9.17) is 15.2 Å². The lowest BCUT2D eigenvalue weighted by Gasteiger charge is -2.11. The number of aromatic nitrogens is 2. The maximum Gasteiger partial charge on any atom is 0.341 e. The molecule has 10 heteroatoms. The summed E-state index contributed by atoms with van der Waals surface area (Å²) in [6, 6.07) is 16.1. The number of nitriles is 1. The molecule has 0 bridgehead atoms. The molecule has 10 nitrogen and oxygen atoms in total. The monoisotopic (exact) mass is 462 g/mol. The van der Waals surface area contributed by atoms with E-state index >= 15 is 0 Å². The molecule has 0 aliphatic rings. The molecule has 0 fully saturated rings. The number of hydrogen-bond donors (Lipinski definition) is 3. The number of rotatable bonds is 9. The predicted octanol–water partition coefficient (Wildman–Crippen LogP) is 2.55. The van der Waals surface area contributed by atoms with Crippen molar-refractivity contribution in [3.8, 4) is 17.5 Å². The highest BCUT2D eigenvalue weighted by Crippen LogP contribution is 2.22. The zero-order chi connectivity index (χ0) is 24.5. The Kier molecular flexibility index (Phi) is 8.07. The van der Waals surface area contributed by atoms with E-state index in [2.05, 4.69) is 21.8 Å². The van der Waals surface area contributed by atoms with Gasteiger partial charge in [-0.2, -0.15) is 10.4 Å². The number of benzene rings is 2. The number of aryl methyl sites for hydroxylation is 1. The van der Waals surface area contributed by atoms with Gasteiger partial charge in [-0.05, 0) is 42.7 Å². The van der Waals surface area contributed by atoms with Gasteiger partial charge in [-0.1, -0.05) is 24.3 Å². The average molecular weight is 463 g/mol. The molecule has 0 aliphatic heterocycles. The summed E-state index contributed by atoms with van der Waals surface area (Å²) in [6.07, 6.45) is 1.05. The van der Waals surface area contributed by atoms with E-state index in [-0.39, 0.29) is 18.1 Å². The van der Waals surface area contributed by atoms with Crippen LogP contribution in [0.4, 0.5) is 10.6 Å². The van der Waals surface area contributed by atoms with E-state index in [1.165, 1.54) is 14.2 Å². The van der Waals surface area contributed by atoms with Crippen molar-refractivity contribution in [3.63, 3.8) is 0 Å². The Bertz CT molecular complexity index is 1200. The molecule has 176 valence electrons. The van der Waals surface area contributed by atoms with Crippen LogP contribution in [0.1, 0.15) is 33.6 Å². The predicted molar refractivity (Wildman–Crippen MR) is 126 cm³/mol. The molecule has 0 saturated heterocycles. The maximum atomic E-state index is 12.2. The Balaban J connectivity index is 1.51. The van der Waals surface area contributed by atoms with Gasteiger partial charge in [0.25, 0.3) is 0 Å². The zero-order valence-electron chi connectivity index (χ0n) is 19.0. The van der Waals surface area contributed by atoms with Crippen LogP contribution in [0.5, 0.6) is 5.75 Å². The molecule has 0 atom stereocenters. The Hall–Kier alpha value is -4.52. The highest BCUT2D eigenvalue weighted by molar-refractivity contribution is 5.92. The average Bonchev–Trinajstić information content (AvgIpc) is 3.20. The van der Waals surface area contributed by atoms with Gasteiger partial charge in [-0.25, -0.2) is 14.3 Å². The third-order valence-corrected chi connectivity index (χ3v) is 5.10. The van der Waals surface area contributed by atoms with Crippen LogP contribution in [0.25, 0.3) is 5.69 Å². The number of amides is 2. The van der Waals surface area contributed by atoms with Crippen LogP contribution in [0.3, 0.4) is 0 Å². The summed E-state index contributed by atoms with van der Waals surface area (Å²) in [5.74, 6) is 0.169. The number of nitrogen functional groups attached to an aromatic ring is 1. The fourth-order valence-corrected chi connectivity index (χ4v) is 3.38. The van der Waals surface area contributed by atoms with Gasteiger partial charge in [0, 0.05) is 13.1 Å². The second kappa shape index (κ2) is 11.4. The van der Waals surface area contributed by atoms with Gasteiger partial charge in [-0.3, -0.25) is 0 Å². The van der Waals surface area contributed by atoms with Gasteiger partial charge >= 0.3 is 12.0 Å². The number of ether oxygens (including phenoxy) is 2. The molecule has 3 rings (SSSR count). The minimum absolute atomic E-state index is 0.219. The number of carbonyl (C=O) groups is 2. The Morgan fingerprint density at radius 2 is 1.91 bits per heavy atom. The lowest BCUT2D eigenvalue weighted by atomic mass is 10.1. The molecule has 0 unspecified atom stereocenters. The summed E-state index contributed by atoms with van der Waals surface area (Å²) in [4.78, 5) is 24.0. The SMILES string of the molecule is COC(=O)c1cc(CNC(=O)NCCCc2nn(-c3ccccc3)c(N)c2C#N)ccc1OC. The molecular formula is C24H26N6O4. The van der Waals surface area contributed by atoms with E-state index in [1.807, 2.05) is 30.3 Å². The van der Waals surface area contributed by atoms with Gasteiger partial charge in [0.2, 0.25) is 0 Å². The van der Waals surface area contributed by atoms with Crippen molar-refractivity contribution in [2.24, 2.45) is 0 Å². The van der Waals surface area contributed by atoms with E-state index in [9.17, 15) is 14.9 Å². The van der Waals surface area contributed by atoms with Crippen LogP contribution in [-0.2, 0) is 17.7 Å². The summed E-state index contributed by atoms with van der Waals surface area (Å²) in [5.41, 5.74) is 8.81. The molecular weight excluding hydrogens is 436 g/mol. The number of hydrogen-bond acceptors (Lipinski definition) is 7. The fraction of sp³-hybridized carbons (Fsp3) is 0.250. The Morgan fingerprint density at radius 3 is 2.59 bits per heavy atom. The first-order valence-electron chi connectivity index (χ1n) is 10.6. The van der Waals surface area contributed by atoms with Gasteiger partial charge in [0.1, 0.15) is 28.8 Å². The van der Waals surface area contributed by atoms with E-state index in [0.29, 0.717) is 42.2 Å². The van der Waals surface area contributed by atoms with Crippen molar-refractivity contribution in [3.05, 3.63) is 70.9 Å². The van der Waals surface area contributed by atoms with E-state index < -0.39 is 5.97 Å². The number of urea groups is 1. The van der Waals surface area contributed by atoms with Crippen molar-refractivity contribution >= 4 is 17.8 Å². The second-order valence-electron chi connectivity index (χ2n) is 7.31. The maximum absolute atomic E-state index is 12.2. The molecule has 1 aromatic heterocycles. The second-order valence-corrected chi connectivity index (χ2v) is 7.31. The van der Waals surface area contributed by atoms with Gasteiger partial charge in [-0.15, -0.1) is 0 Å². The third kappa shape index (κ3) is 5.63. The molecule has 2 aromatic carbocycles.